The van der Waals surface area contributed by atoms with Crippen LogP contribution < -0.4 is 10.1 Å². The zero-order chi connectivity index (χ0) is 22.1. The maximum atomic E-state index is 12.6. The molecule has 1 saturated heterocycles. The Hall–Kier alpha value is -2.81. The van der Waals surface area contributed by atoms with Crippen LogP contribution in [0.25, 0.3) is 21.5 Å². The Bertz CT molecular complexity index is 1250. The highest BCUT2D eigenvalue weighted by atomic mass is 35.5. The second-order valence-corrected chi connectivity index (χ2v) is 9.54. The summed E-state index contributed by atoms with van der Waals surface area (Å²) < 4.78 is 13.9. The summed E-state index contributed by atoms with van der Waals surface area (Å²) in [5, 5.41) is 8.19. The SMILES string of the molecule is CCN1CC[C@H](NC(=O)Oc2cc3ccccc3n2Cc2cc(-c3ccc(Cl)s3)on2)C1. The lowest BCUT2D eigenvalue weighted by Crippen LogP contribution is -2.39. The van der Waals surface area contributed by atoms with E-state index in [0.717, 1.165) is 47.5 Å². The van der Waals surface area contributed by atoms with Gasteiger partial charge in [0, 0.05) is 36.7 Å². The Kier molecular flexibility index (Phi) is 5.91. The van der Waals surface area contributed by atoms with Crippen LogP contribution in [0.3, 0.4) is 0 Å². The first kappa shape index (κ1) is 21.1. The fourth-order valence-electron chi connectivity index (χ4n) is 4.07. The number of nitrogens with one attached hydrogen (secondary N) is 1. The Labute approximate surface area is 194 Å². The van der Waals surface area contributed by atoms with Crippen molar-refractivity contribution in [3.63, 3.8) is 0 Å². The van der Waals surface area contributed by atoms with Gasteiger partial charge in [-0.3, -0.25) is 0 Å². The van der Waals surface area contributed by atoms with Crippen LogP contribution in [-0.4, -0.2) is 46.4 Å². The molecule has 3 aromatic heterocycles. The molecule has 4 aromatic rings. The molecule has 1 amide bonds. The Morgan fingerprint density at radius 1 is 1.31 bits per heavy atom. The standard InChI is InChI=1S/C23H23ClN4O3S/c1-2-27-10-9-16(13-27)25-23(29)30-22-11-15-5-3-4-6-18(15)28(22)14-17-12-19(31-26-17)20-7-8-21(24)32-20/h3-8,11-12,16H,2,9-10,13-14H2,1H3,(H,25,29)/t16-/m0/s1. The van der Waals surface area contributed by atoms with Gasteiger partial charge in [-0.15, -0.1) is 11.3 Å². The summed E-state index contributed by atoms with van der Waals surface area (Å²) in [5.41, 5.74) is 1.68. The third kappa shape index (κ3) is 4.39. The number of amides is 1. The van der Waals surface area contributed by atoms with Crippen molar-refractivity contribution in [3.05, 3.63) is 58.6 Å². The van der Waals surface area contributed by atoms with Gasteiger partial charge in [0.05, 0.1) is 21.3 Å². The normalized spacial score (nSPS) is 16.6. The van der Waals surface area contributed by atoms with Crippen molar-refractivity contribution in [3.8, 4) is 16.5 Å². The summed E-state index contributed by atoms with van der Waals surface area (Å²) >= 11 is 7.48. The summed E-state index contributed by atoms with van der Waals surface area (Å²) in [7, 11) is 0. The summed E-state index contributed by atoms with van der Waals surface area (Å²) in [6.07, 6.45) is 0.492. The van der Waals surface area contributed by atoms with E-state index in [0.29, 0.717) is 22.5 Å². The molecule has 32 heavy (non-hydrogen) atoms. The van der Waals surface area contributed by atoms with Gasteiger partial charge in [-0.05, 0) is 31.2 Å². The Balaban J connectivity index is 1.36. The van der Waals surface area contributed by atoms with E-state index in [4.69, 9.17) is 20.9 Å². The molecule has 0 radical (unpaired) electrons. The number of para-hydroxylation sites is 1. The molecular weight excluding hydrogens is 448 g/mol. The number of likely N-dealkylation sites (tertiary alicyclic amines) is 1. The number of halogens is 1. The van der Waals surface area contributed by atoms with Crippen molar-refractivity contribution >= 4 is 39.9 Å². The first-order valence-electron chi connectivity index (χ1n) is 10.6. The number of carbonyl (C=O) groups excluding carboxylic acids is 1. The molecule has 0 bridgehead atoms. The highest BCUT2D eigenvalue weighted by molar-refractivity contribution is 7.19. The highest BCUT2D eigenvalue weighted by Gasteiger charge is 2.24. The molecule has 5 rings (SSSR count). The molecule has 0 saturated carbocycles. The largest absolute Gasteiger partial charge is 0.414 e. The lowest BCUT2D eigenvalue weighted by molar-refractivity contribution is 0.192. The van der Waals surface area contributed by atoms with E-state index in [1.54, 1.807) is 0 Å². The van der Waals surface area contributed by atoms with Gasteiger partial charge in [0.1, 0.15) is 5.69 Å². The lowest BCUT2D eigenvalue weighted by Gasteiger charge is -2.15. The molecule has 1 aliphatic heterocycles. The molecule has 9 heteroatoms. The number of thiophene rings is 1. The van der Waals surface area contributed by atoms with Crippen molar-refractivity contribution in [2.45, 2.75) is 25.9 Å². The van der Waals surface area contributed by atoms with Gasteiger partial charge in [-0.1, -0.05) is 41.9 Å². The van der Waals surface area contributed by atoms with E-state index >= 15 is 0 Å². The fourth-order valence-corrected chi connectivity index (χ4v) is 5.06. The summed E-state index contributed by atoms with van der Waals surface area (Å²) in [6.45, 7) is 5.36. The molecule has 1 N–H and O–H groups in total. The first-order chi connectivity index (χ1) is 15.6. The average Bonchev–Trinajstić information content (AvgIpc) is 3.56. The van der Waals surface area contributed by atoms with Crippen LogP contribution >= 0.6 is 22.9 Å². The number of ether oxygens (including phenoxy) is 1. The Morgan fingerprint density at radius 2 is 2.19 bits per heavy atom. The maximum absolute atomic E-state index is 12.6. The monoisotopic (exact) mass is 470 g/mol. The van der Waals surface area contributed by atoms with Crippen LogP contribution in [0.4, 0.5) is 4.79 Å². The third-order valence-electron chi connectivity index (χ3n) is 5.71. The summed E-state index contributed by atoms with van der Waals surface area (Å²) in [6, 6.07) is 15.5. The third-order valence-corrected chi connectivity index (χ3v) is 6.95. The maximum Gasteiger partial charge on any atom is 0.414 e. The molecule has 1 fully saturated rings. The van der Waals surface area contributed by atoms with E-state index in [9.17, 15) is 4.79 Å². The second-order valence-electron chi connectivity index (χ2n) is 7.83. The van der Waals surface area contributed by atoms with Crippen molar-refractivity contribution in [2.24, 2.45) is 0 Å². The van der Waals surface area contributed by atoms with Crippen LogP contribution in [0.5, 0.6) is 5.88 Å². The zero-order valence-electron chi connectivity index (χ0n) is 17.6. The van der Waals surface area contributed by atoms with E-state index in [2.05, 4.69) is 22.3 Å². The smallest absolute Gasteiger partial charge is 0.393 e. The molecule has 0 spiro atoms. The lowest BCUT2D eigenvalue weighted by atomic mass is 10.2. The molecule has 0 aliphatic carbocycles. The average molecular weight is 471 g/mol. The fraction of sp³-hybridized carbons (Fsp3) is 0.304. The molecule has 1 atom stereocenters. The molecule has 0 unspecified atom stereocenters. The molecule has 4 heterocycles. The molecule has 1 aliphatic rings. The highest BCUT2D eigenvalue weighted by Crippen LogP contribution is 2.32. The van der Waals surface area contributed by atoms with E-state index in [1.165, 1.54) is 11.3 Å². The number of hydrogen-bond donors (Lipinski definition) is 1. The Morgan fingerprint density at radius 3 is 2.97 bits per heavy atom. The van der Waals surface area contributed by atoms with Crippen LogP contribution in [-0.2, 0) is 6.54 Å². The first-order valence-corrected chi connectivity index (χ1v) is 11.8. The number of likely N-dealkylation sites (N-methyl/N-ethyl adjacent to an activating group) is 1. The number of benzene rings is 1. The van der Waals surface area contributed by atoms with Crippen molar-refractivity contribution in [1.82, 2.24) is 19.9 Å². The van der Waals surface area contributed by atoms with Gasteiger partial charge in [-0.2, -0.15) is 0 Å². The quantitative estimate of drug-likeness (QED) is 0.417. The van der Waals surface area contributed by atoms with Gasteiger partial charge in [0.2, 0.25) is 5.88 Å². The number of hydrogen-bond acceptors (Lipinski definition) is 6. The predicted octanol–water partition coefficient (Wildman–Crippen LogP) is 5.24. The van der Waals surface area contributed by atoms with Crippen LogP contribution in [0.1, 0.15) is 19.0 Å². The van der Waals surface area contributed by atoms with Crippen LogP contribution in [0.2, 0.25) is 4.34 Å². The number of carbonyl (C=O) groups is 1. The second kappa shape index (κ2) is 8.97. The number of fused-ring (bicyclic) bond motifs is 1. The predicted molar refractivity (Wildman–Crippen MR) is 126 cm³/mol. The number of aromatic nitrogens is 2. The minimum absolute atomic E-state index is 0.107. The van der Waals surface area contributed by atoms with E-state index in [-0.39, 0.29) is 6.04 Å². The van der Waals surface area contributed by atoms with Gasteiger partial charge in [0.15, 0.2) is 5.76 Å². The molecular formula is C23H23ClN4O3S. The van der Waals surface area contributed by atoms with Crippen molar-refractivity contribution in [1.29, 1.82) is 0 Å². The van der Waals surface area contributed by atoms with E-state index in [1.807, 2.05) is 53.1 Å². The van der Waals surface area contributed by atoms with Crippen molar-refractivity contribution in [2.75, 3.05) is 19.6 Å². The number of nitrogens with zero attached hydrogens (tertiary/aromatic N) is 3. The molecule has 166 valence electrons. The van der Waals surface area contributed by atoms with Gasteiger partial charge in [0.25, 0.3) is 0 Å². The summed E-state index contributed by atoms with van der Waals surface area (Å²) in [5.74, 6) is 1.13. The van der Waals surface area contributed by atoms with Crippen LogP contribution in [0, 0.1) is 0 Å². The van der Waals surface area contributed by atoms with Crippen molar-refractivity contribution < 1.29 is 14.1 Å². The van der Waals surface area contributed by atoms with Gasteiger partial charge in [-0.25, -0.2) is 4.79 Å². The molecule has 1 aromatic carbocycles. The zero-order valence-corrected chi connectivity index (χ0v) is 19.2. The minimum Gasteiger partial charge on any atom is -0.393 e. The number of rotatable bonds is 6. The minimum atomic E-state index is -0.439. The van der Waals surface area contributed by atoms with Gasteiger partial charge < -0.3 is 24.0 Å². The van der Waals surface area contributed by atoms with Gasteiger partial charge >= 0.3 is 6.09 Å². The molecule has 7 nitrogen and oxygen atoms in total. The topological polar surface area (TPSA) is 72.5 Å². The summed E-state index contributed by atoms with van der Waals surface area (Å²) in [4.78, 5) is 15.9. The van der Waals surface area contributed by atoms with E-state index < -0.39 is 6.09 Å². The van der Waals surface area contributed by atoms with Crippen LogP contribution in [0.15, 0.2) is 53.1 Å².